The van der Waals surface area contributed by atoms with Crippen molar-refractivity contribution in [2.24, 2.45) is 0 Å². The minimum atomic E-state index is -0.284. The molecule has 0 aromatic carbocycles. The highest BCUT2D eigenvalue weighted by Gasteiger charge is 2.42. The predicted octanol–water partition coefficient (Wildman–Crippen LogP) is 1.68. The minimum absolute atomic E-state index is 0. The molecule has 2 saturated heterocycles. The maximum absolute atomic E-state index is 12.9. The van der Waals surface area contributed by atoms with Crippen molar-refractivity contribution >= 4 is 18.3 Å². The molecule has 1 aromatic heterocycles. The van der Waals surface area contributed by atoms with Crippen molar-refractivity contribution < 1.29 is 4.79 Å². The van der Waals surface area contributed by atoms with E-state index in [2.05, 4.69) is 39.2 Å². The van der Waals surface area contributed by atoms with Crippen LogP contribution in [-0.4, -0.2) is 59.0 Å². The molecule has 0 bridgehead atoms. The van der Waals surface area contributed by atoms with E-state index < -0.39 is 0 Å². The summed E-state index contributed by atoms with van der Waals surface area (Å²) >= 11 is 0. The molecule has 0 spiro atoms. The molecule has 0 saturated carbocycles. The van der Waals surface area contributed by atoms with Crippen LogP contribution in [-0.2, 0) is 11.3 Å². The molecule has 3 rings (SSSR count). The van der Waals surface area contributed by atoms with E-state index in [9.17, 15) is 4.79 Å². The van der Waals surface area contributed by atoms with E-state index in [-0.39, 0.29) is 17.9 Å². The van der Waals surface area contributed by atoms with E-state index in [0.29, 0.717) is 5.91 Å². The van der Waals surface area contributed by atoms with Crippen LogP contribution >= 0.6 is 12.4 Å². The van der Waals surface area contributed by atoms with Crippen LogP contribution in [0.3, 0.4) is 0 Å². The largest absolute Gasteiger partial charge is 0.339 e. The highest BCUT2D eigenvalue weighted by atomic mass is 35.5. The zero-order valence-corrected chi connectivity index (χ0v) is 14.6. The summed E-state index contributed by atoms with van der Waals surface area (Å²) in [7, 11) is 0. The van der Waals surface area contributed by atoms with E-state index in [1.807, 2.05) is 12.4 Å². The molecule has 128 valence electrons. The summed E-state index contributed by atoms with van der Waals surface area (Å²) in [5.41, 5.74) is 1.00. The van der Waals surface area contributed by atoms with E-state index >= 15 is 0 Å². The Morgan fingerprint density at radius 3 is 2.52 bits per heavy atom. The maximum Gasteiger partial charge on any atom is 0.242 e. The lowest BCUT2D eigenvalue weighted by Gasteiger charge is -2.39. The normalized spacial score (nSPS) is 25.2. The molecule has 1 aromatic rings. The van der Waals surface area contributed by atoms with Crippen LogP contribution in [0.1, 0.15) is 31.7 Å². The van der Waals surface area contributed by atoms with Crippen LogP contribution in [0.15, 0.2) is 24.5 Å². The number of nitrogens with zero attached hydrogens (tertiary/aromatic N) is 3. The Morgan fingerprint density at radius 1 is 1.26 bits per heavy atom. The van der Waals surface area contributed by atoms with Crippen LogP contribution < -0.4 is 5.32 Å². The number of piperazine rings is 1. The Hall–Kier alpha value is -1.17. The lowest BCUT2D eigenvalue weighted by atomic mass is 9.92. The molecule has 6 heteroatoms. The van der Waals surface area contributed by atoms with E-state index in [1.165, 1.54) is 5.56 Å². The molecular weight excluding hydrogens is 312 g/mol. The van der Waals surface area contributed by atoms with Gasteiger partial charge in [-0.15, -0.1) is 12.4 Å². The number of halogens is 1. The Bertz CT molecular complexity index is 497. The smallest absolute Gasteiger partial charge is 0.242 e. The van der Waals surface area contributed by atoms with Gasteiger partial charge in [0.05, 0.1) is 5.54 Å². The van der Waals surface area contributed by atoms with Crippen molar-refractivity contribution in [3.8, 4) is 0 Å². The molecule has 0 aliphatic carbocycles. The minimum Gasteiger partial charge on any atom is -0.339 e. The van der Waals surface area contributed by atoms with Gasteiger partial charge >= 0.3 is 0 Å². The summed E-state index contributed by atoms with van der Waals surface area (Å²) in [5, 5.41) is 3.46. The van der Waals surface area contributed by atoms with Crippen LogP contribution in [0.4, 0.5) is 0 Å². The molecule has 2 aliphatic rings. The standard InChI is InChI=1S/C17H26N4O.ClH/c1-2-17(6-3-7-19-17)16(22)21-12-10-20(11-13-21)14-15-4-8-18-9-5-15;/h4-5,8-9,19H,2-3,6-7,10-14H2,1H3;1H. The SMILES string of the molecule is CCC1(C(=O)N2CCN(Cc3ccncc3)CC2)CCCN1.Cl. The number of amides is 1. The average Bonchev–Trinajstić information content (AvgIpc) is 3.06. The second-order valence-electron chi connectivity index (χ2n) is 6.39. The van der Waals surface area contributed by atoms with Crippen molar-refractivity contribution in [1.29, 1.82) is 0 Å². The van der Waals surface area contributed by atoms with Gasteiger partial charge in [0.2, 0.25) is 5.91 Å². The molecule has 5 nitrogen and oxygen atoms in total. The molecule has 1 N–H and O–H groups in total. The molecule has 2 fully saturated rings. The summed E-state index contributed by atoms with van der Waals surface area (Å²) in [4.78, 5) is 21.4. The molecule has 3 heterocycles. The van der Waals surface area contributed by atoms with Gasteiger partial charge in [0.1, 0.15) is 0 Å². The summed E-state index contributed by atoms with van der Waals surface area (Å²) < 4.78 is 0. The zero-order chi connectivity index (χ0) is 15.4. The van der Waals surface area contributed by atoms with Crippen molar-refractivity contribution in [1.82, 2.24) is 20.1 Å². The van der Waals surface area contributed by atoms with Gasteiger partial charge < -0.3 is 10.2 Å². The molecule has 1 unspecified atom stereocenters. The van der Waals surface area contributed by atoms with Gasteiger partial charge in [-0.25, -0.2) is 0 Å². The highest BCUT2D eigenvalue weighted by molar-refractivity contribution is 5.86. The molecular formula is C17H27ClN4O. The van der Waals surface area contributed by atoms with Gasteiger partial charge in [0, 0.05) is 45.1 Å². The first kappa shape index (κ1) is 18.2. The number of hydrogen-bond acceptors (Lipinski definition) is 4. The van der Waals surface area contributed by atoms with E-state index in [4.69, 9.17) is 0 Å². The molecule has 2 aliphatic heterocycles. The Balaban J connectivity index is 0.00000192. The second-order valence-corrected chi connectivity index (χ2v) is 6.39. The highest BCUT2D eigenvalue weighted by Crippen LogP contribution is 2.26. The zero-order valence-electron chi connectivity index (χ0n) is 13.8. The number of nitrogens with one attached hydrogen (secondary N) is 1. The van der Waals surface area contributed by atoms with Gasteiger partial charge in [0.25, 0.3) is 0 Å². The first-order valence-corrected chi connectivity index (χ1v) is 8.39. The fraction of sp³-hybridized carbons (Fsp3) is 0.647. The Labute approximate surface area is 144 Å². The topological polar surface area (TPSA) is 48.5 Å². The maximum atomic E-state index is 12.9. The van der Waals surface area contributed by atoms with Crippen molar-refractivity contribution in [3.63, 3.8) is 0 Å². The second kappa shape index (κ2) is 8.08. The van der Waals surface area contributed by atoms with Gasteiger partial charge in [-0.05, 0) is 43.5 Å². The number of hydrogen-bond donors (Lipinski definition) is 1. The molecule has 23 heavy (non-hydrogen) atoms. The van der Waals surface area contributed by atoms with Gasteiger partial charge in [-0.2, -0.15) is 0 Å². The number of rotatable bonds is 4. The lowest BCUT2D eigenvalue weighted by molar-refractivity contribution is -0.139. The quantitative estimate of drug-likeness (QED) is 0.907. The summed E-state index contributed by atoms with van der Waals surface area (Å²) in [6.45, 7) is 7.63. The Kier molecular flexibility index (Phi) is 6.39. The fourth-order valence-corrected chi connectivity index (χ4v) is 3.60. The van der Waals surface area contributed by atoms with Crippen molar-refractivity contribution in [3.05, 3.63) is 30.1 Å². The van der Waals surface area contributed by atoms with E-state index in [0.717, 1.165) is 58.5 Å². The number of carbonyl (C=O) groups excluding carboxylic acids is 1. The molecule has 0 radical (unpaired) electrons. The predicted molar refractivity (Wildman–Crippen MR) is 93.6 cm³/mol. The van der Waals surface area contributed by atoms with Crippen LogP contribution in [0, 0.1) is 0 Å². The lowest BCUT2D eigenvalue weighted by Crippen LogP contribution is -2.58. The third kappa shape index (κ3) is 4.03. The number of aromatic nitrogens is 1. The first-order chi connectivity index (χ1) is 10.7. The first-order valence-electron chi connectivity index (χ1n) is 8.39. The van der Waals surface area contributed by atoms with Crippen LogP contribution in [0.2, 0.25) is 0 Å². The van der Waals surface area contributed by atoms with Crippen LogP contribution in [0.25, 0.3) is 0 Å². The fourth-order valence-electron chi connectivity index (χ4n) is 3.60. The van der Waals surface area contributed by atoms with Gasteiger partial charge in [0.15, 0.2) is 0 Å². The van der Waals surface area contributed by atoms with Crippen molar-refractivity contribution in [2.75, 3.05) is 32.7 Å². The summed E-state index contributed by atoms with van der Waals surface area (Å²) in [6, 6.07) is 4.12. The Morgan fingerprint density at radius 2 is 1.96 bits per heavy atom. The summed E-state index contributed by atoms with van der Waals surface area (Å²) in [5.74, 6) is 0.316. The number of carbonyl (C=O) groups is 1. The third-order valence-corrected chi connectivity index (χ3v) is 5.07. The van der Waals surface area contributed by atoms with Gasteiger partial charge in [-0.1, -0.05) is 6.92 Å². The monoisotopic (exact) mass is 338 g/mol. The average molecular weight is 339 g/mol. The number of pyridine rings is 1. The van der Waals surface area contributed by atoms with Gasteiger partial charge in [-0.3, -0.25) is 14.7 Å². The molecule has 1 amide bonds. The molecule has 1 atom stereocenters. The van der Waals surface area contributed by atoms with E-state index in [1.54, 1.807) is 0 Å². The third-order valence-electron chi connectivity index (χ3n) is 5.07. The summed E-state index contributed by atoms with van der Waals surface area (Å²) in [6.07, 6.45) is 6.67. The van der Waals surface area contributed by atoms with Crippen LogP contribution in [0.5, 0.6) is 0 Å². The van der Waals surface area contributed by atoms with Crippen molar-refractivity contribution in [2.45, 2.75) is 38.3 Å².